The van der Waals surface area contributed by atoms with E-state index in [0.717, 1.165) is 25.3 Å². The SMILES string of the molecule is CCCNC(C)c1ccc(C)cc1OCCOCC(C)C. The Morgan fingerprint density at radius 1 is 1.14 bits per heavy atom. The molecule has 1 rings (SSSR count). The van der Waals surface area contributed by atoms with E-state index in [1.54, 1.807) is 0 Å². The molecule has 0 aliphatic rings. The number of hydrogen-bond donors (Lipinski definition) is 1. The van der Waals surface area contributed by atoms with Crippen molar-refractivity contribution < 1.29 is 9.47 Å². The Balaban J connectivity index is 2.56. The summed E-state index contributed by atoms with van der Waals surface area (Å²) in [6.07, 6.45) is 1.13. The van der Waals surface area contributed by atoms with Gasteiger partial charge in [0.15, 0.2) is 0 Å². The van der Waals surface area contributed by atoms with E-state index >= 15 is 0 Å². The molecule has 0 fully saturated rings. The van der Waals surface area contributed by atoms with E-state index in [1.165, 1.54) is 11.1 Å². The summed E-state index contributed by atoms with van der Waals surface area (Å²) >= 11 is 0. The maximum atomic E-state index is 5.94. The Labute approximate surface area is 130 Å². The van der Waals surface area contributed by atoms with Gasteiger partial charge < -0.3 is 14.8 Å². The van der Waals surface area contributed by atoms with Crippen LogP contribution in [-0.2, 0) is 4.74 Å². The molecule has 1 atom stereocenters. The molecule has 21 heavy (non-hydrogen) atoms. The topological polar surface area (TPSA) is 30.5 Å². The Hall–Kier alpha value is -1.06. The first-order chi connectivity index (χ1) is 10.0. The van der Waals surface area contributed by atoms with Gasteiger partial charge in [-0.2, -0.15) is 0 Å². The van der Waals surface area contributed by atoms with Crippen LogP contribution in [0, 0.1) is 12.8 Å². The summed E-state index contributed by atoms with van der Waals surface area (Å²) in [6.45, 7) is 13.8. The van der Waals surface area contributed by atoms with Crippen LogP contribution in [0.25, 0.3) is 0 Å². The van der Waals surface area contributed by atoms with Crippen LogP contribution in [0.4, 0.5) is 0 Å². The minimum Gasteiger partial charge on any atom is -0.491 e. The highest BCUT2D eigenvalue weighted by Crippen LogP contribution is 2.26. The number of rotatable bonds is 10. The first kappa shape index (κ1) is 18.0. The molecule has 1 aromatic rings. The van der Waals surface area contributed by atoms with Crippen LogP contribution in [0.5, 0.6) is 5.75 Å². The molecule has 1 aromatic carbocycles. The van der Waals surface area contributed by atoms with Crippen LogP contribution in [0.1, 0.15) is 51.3 Å². The molecule has 0 aliphatic carbocycles. The van der Waals surface area contributed by atoms with Crippen molar-refractivity contribution in [2.24, 2.45) is 5.92 Å². The van der Waals surface area contributed by atoms with Gasteiger partial charge in [-0.3, -0.25) is 0 Å². The molecule has 0 spiro atoms. The van der Waals surface area contributed by atoms with E-state index in [2.05, 4.69) is 58.1 Å². The fraction of sp³-hybridized carbons (Fsp3) is 0.667. The molecule has 1 unspecified atom stereocenters. The summed E-state index contributed by atoms with van der Waals surface area (Å²) in [4.78, 5) is 0. The second kappa shape index (κ2) is 9.80. The maximum Gasteiger partial charge on any atom is 0.124 e. The third-order valence-electron chi connectivity index (χ3n) is 3.27. The molecular formula is C18H31NO2. The van der Waals surface area contributed by atoms with E-state index < -0.39 is 0 Å². The molecule has 3 heteroatoms. The zero-order valence-corrected chi connectivity index (χ0v) is 14.2. The molecule has 120 valence electrons. The lowest BCUT2D eigenvalue weighted by Crippen LogP contribution is -2.20. The summed E-state index contributed by atoms with van der Waals surface area (Å²) < 4.78 is 11.5. The number of aryl methyl sites for hydroxylation is 1. The minimum absolute atomic E-state index is 0.303. The van der Waals surface area contributed by atoms with E-state index in [4.69, 9.17) is 9.47 Å². The molecule has 0 aliphatic heterocycles. The number of benzene rings is 1. The zero-order chi connectivity index (χ0) is 15.7. The first-order valence-electron chi connectivity index (χ1n) is 8.09. The van der Waals surface area contributed by atoms with Crippen LogP contribution >= 0.6 is 0 Å². The predicted molar refractivity (Wildman–Crippen MR) is 89.0 cm³/mol. The lowest BCUT2D eigenvalue weighted by atomic mass is 10.0. The number of ether oxygens (including phenoxy) is 2. The second-order valence-electron chi connectivity index (χ2n) is 6.03. The Bertz CT molecular complexity index is 404. The van der Waals surface area contributed by atoms with Crippen molar-refractivity contribution >= 4 is 0 Å². The molecular weight excluding hydrogens is 262 g/mol. The van der Waals surface area contributed by atoms with Crippen LogP contribution in [0.3, 0.4) is 0 Å². The average molecular weight is 293 g/mol. The van der Waals surface area contributed by atoms with Crippen molar-refractivity contribution in [1.82, 2.24) is 5.32 Å². The van der Waals surface area contributed by atoms with Crippen molar-refractivity contribution in [1.29, 1.82) is 0 Å². The average Bonchev–Trinajstić information content (AvgIpc) is 2.44. The summed E-state index contributed by atoms with van der Waals surface area (Å²) in [5, 5.41) is 3.51. The van der Waals surface area contributed by atoms with Crippen molar-refractivity contribution in [3.8, 4) is 5.75 Å². The van der Waals surface area contributed by atoms with Gasteiger partial charge in [-0.05, 0) is 44.4 Å². The summed E-state index contributed by atoms with van der Waals surface area (Å²) in [5.41, 5.74) is 2.44. The highest BCUT2D eigenvalue weighted by Gasteiger charge is 2.11. The highest BCUT2D eigenvalue weighted by atomic mass is 16.5. The monoisotopic (exact) mass is 293 g/mol. The normalized spacial score (nSPS) is 12.7. The molecule has 0 saturated heterocycles. The first-order valence-corrected chi connectivity index (χ1v) is 8.09. The van der Waals surface area contributed by atoms with E-state index in [1.807, 2.05) is 0 Å². The fourth-order valence-corrected chi connectivity index (χ4v) is 2.12. The summed E-state index contributed by atoms with van der Waals surface area (Å²) in [7, 11) is 0. The van der Waals surface area contributed by atoms with Crippen LogP contribution in [-0.4, -0.2) is 26.4 Å². The highest BCUT2D eigenvalue weighted by molar-refractivity contribution is 5.39. The van der Waals surface area contributed by atoms with Crippen molar-refractivity contribution in [2.45, 2.75) is 47.1 Å². The Kier molecular flexibility index (Phi) is 8.40. The van der Waals surface area contributed by atoms with Gasteiger partial charge in [0.25, 0.3) is 0 Å². The van der Waals surface area contributed by atoms with Gasteiger partial charge in [0, 0.05) is 18.2 Å². The van der Waals surface area contributed by atoms with Gasteiger partial charge in [0.2, 0.25) is 0 Å². The number of hydrogen-bond acceptors (Lipinski definition) is 3. The minimum atomic E-state index is 0.303. The van der Waals surface area contributed by atoms with Gasteiger partial charge >= 0.3 is 0 Å². The van der Waals surface area contributed by atoms with Gasteiger partial charge in [-0.15, -0.1) is 0 Å². The van der Waals surface area contributed by atoms with Crippen LogP contribution in [0.2, 0.25) is 0 Å². The number of nitrogens with one attached hydrogen (secondary N) is 1. The van der Waals surface area contributed by atoms with Crippen LogP contribution < -0.4 is 10.1 Å². The summed E-state index contributed by atoms with van der Waals surface area (Å²) in [5.74, 6) is 1.54. The van der Waals surface area contributed by atoms with Crippen LogP contribution in [0.15, 0.2) is 18.2 Å². The summed E-state index contributed by atoms with van der Waals surface area (Å²) in [6, 6.07) is 6.72. The van der Waals surface area contributed by atoms with Crippen molar-refractivity contribution in [2.75, 3.05) is 26.4 Å². The largest absolute Gasteiger partial charge is 0.491 e. The third-order valence-corrected chi connectivity index (χ3v) is 3.27. The lowest BCUT2D eigenvalue weighted by Gasteiger charge is -2.19. The standard InChI is InChI=1S/C18H31NO2/c1-6-9-19-16(5)17-8-7-15(4)12-18(17)21-11-10-20-13-14(2)3/h7-8,12,14,16,19H,6,9-11,13H2,1-5H3. The Morgan fingerprint density at radius 3 is 2.57 bits per heavy atom. The fourth-order valence-electron chi connectivity index (χ4n) is 2.12. The maximum absolute atomic E-state index is 5.94. The van der Waals surface area contributed by atoms with Gasteiger partial charge in [-0.25, -0.2) is 0 Å². The van der Waals surface area contributed by atoms with Gasteiger partial charge in [-0.1, -0.05) is 32.9 Å². The second-order valence-corrected chi connectivity index (χ2v) is 6.03. The Morgan fingerprint density at radius 2 is 1.90 bits per heavy atom. The van der Waals surface area contributed by atoms with E-state index in [0.29, 0.717) is 25.2 Å². The molecule has 1 N–H and O–H groups in total. The molecule has 0 aromatic heterocycles. The van der Waals surface area contributed by atoms with E-state index in [-0.39, 0.29) is 0 Å². The third kappa shape index (κ3) is 6.96. The van der Waals surface area contributed by atoms with Crippen molar-refractivity contribution in [3.05, 3.63) is 29.3 Å². The molecule has 0 heterocycles. The van der Waals surface area contributed by atoms with Crippen molar-refractivity contribution in [3.63, 3.8) is 0 Å². The molecule has 0 radical (unpaired) electrons. The molecule has 0 bridgehead atoms. The zero-order valence-electron chi connectivity index (χ0n) is 14.2. The van der Waals surface area contributed by atoms with Gasteiger partial charge in [0.1, 0.15) is 12.4 Å². The predicted octanol–water partition coefficient (Wildman–Crippen LogP) is 4.11. The molecule has 3 nitrogen and oxygen atoms in total. The molecule has 0 amide bonds. The smallest absolute Gasteiger partial charge is 0.124 e. The van der Waals surface area contributed by atoms with E-state index in [9.17, 15) is 0 Å². The van der Waals surface area contributed by atoms with Gasteiger partial charge in [0.05, 0.1) is 6.61 Å². The quantitative estimate of drug-likeness (QED) is 0.659. The lowest BCUT2D eigenvalue weighted by molar-refractivity contribution is 0.0815. The molecule has 0 saturated carbocycles.